The van der Waals surface area contributed by atoms with E-state index in [4.69, 9.17) is 0 Å². The molecule has 1 aliphatic rings. The molecule has 1 amide bonds. The van der Waals surface area contributed by atoms with Crippen LogP contribution in [0.1, 0.15) is 29.2 Å². The Labute approximate surface area is 148 Å². The van der Waals surface area contributed by atoms with Crippen molar-refractivity contribution in [2.24, 2.45) is 0 Å². The Hall–Kier alpha value is -2.23. The van der Waals surface area contributed by atoms with E-state index in [0.717, 1.165) is 23.2 Å². The van der Waals surface area contributed by atoms with Gasteiger partial charge >= 0.3 is 6.18 Å². The molecular formula is C16H21F3N6O. The van der Waals surface area contributed by atoms with E-state index in [-0.39, 0.29) is 11.7 Å². The third kappa shape index (κ3) is 3.64. The monoisotopic (exact) mass is 370 g/mol. The topological polar surface area (TPSA) is 66.6 Å². The highest BCUT2D eigenvalue weighted by Crippen LogP contribution is 2.27. The van der Waals surface area contributed by atoms with Gasteiger partial charge in [0.15, 0.2) is 0 Å². The number of hydrogen-bond acceptors (Lipinski definition) is 5. The maximum Gasteiger partial charge on any atom is 0.453 e. The number of aromatic nitrogens is 4. The van der Waals surface area contributed by atoms with Crippen molar-refractivity contribution in [2.45, 2.75) is 32.9 Å². The number of fused-ring (bicyclic) bond motifs is 1. The first-order chi connectivity index (χ1) is 12.2. The molecule has 1 fully saturated rings. The SMILES string of the molecule is Cc1nc2nc(C(F)(F)F)nn2c(C)c1CCC(=O)N1CCN(C)CC1. The Morgan fingerprint density at radius 1 is 1.12 bits per heavy atom. The number of carbonyl (C=O) groups excluding carboxylic acids is 1. The summed E-state index contributed by atoms with van der Waals surface area (Å²) in [5.41, 5.74) is 1.84. The summed E-state index contributed by atoms with van der Waals surface area (Å²) < 4.78 is 39.6. The molecule has 142 valence electrons. The molecule has 0 radical (unpaired) electrons. The minimum atomic E-state index is -4.62. The largest absolute Gasteiger partial charge is 0.453 e. The Morgan fingerprint density at radius 2 is 1.77 bits per heavy atom. The number of amides is 1. The molecule has 0 atom stereocenters. The van der Waals surface area contributed by atoms with Crippen LogP contribution in [-0.4, -0.2) is 68.5 Å². The number of aryl methyl sites for hydroxylation is 2. The highest BCUT2D eigenvalue weighted by Gasteiger charge is 2.37. The average molecular weight is 370 g/mol. The second-order valence-electron chi connectivity index (χ2n) is 6.59. The zero-order chi connectivity index (χ0) is 19.1. The third-order valence-electron chi connectivity index (χ3n) is 4.75. The van der Waals surface area contributed by atoms with E-state index >= 15 is 0 Å². The maximum absolute atomic E-state index is 12.8. The maximum atomic E-state index is 12.8. The lowest BCUT2D eigenvalue weighted by molar-refractivity contribution is -0.144. The number of alkyl halides is 3. The van der Waals surface area contributed by atoms with Crippen molar-refractivity contribution in [3.05, 3.63) is 22.8 Å². The molecule has 26 heavy (non-hydrogen) atoms. The van der Waals surface area contributed by atoms with Gasteiger partial charge in [-0.1, -0.05) is 0 Å². The lowest BCUT2D eigenvalue weighted by Gasteiger charge is -2.32. The van der Waals surface area contributed by atoms with Gasteiger partial charge in [-0.25, -0.2) is 9.50 Å². The summed E-state index contributed by atoms with van der Waals surface area (Å²) in [4.78, 5) is 24.0. The molecule has 0 spiro atoms. The van der Waals surface area contributed by atoms with Crippen LogP contribution in [0.15, 0.2) is 0 Å². The summed E-state index contributed by atoms with van der Waals surface area (Å²) in [6, 6.07) is 0. The number of nitrogens with zero attached hydrogens (tertiary/aromatic N) is 6. The summed E-state index contributed by atoms with van der Waals surface area (Å²) in [5.74, 6) is -1.24. The fourth-order valence-electron chi connectivity index (χ4n) is 3.14. The molecule has 7 nitrogen and oxygen atoms in total. The first-order valence-electron chi connectivity index (χ1n) is 8.43. The standard InChI is InChI=1S/C16H21F3N6O/c1-10-12(4-5-13(26)24-8-6-23(3)7-9-24)11(2)25-15(20-10)21-14(22-25)16(17,18)19/h4-9H2,1-3H3. The molecule has 3 rings (SSSR count). The van der Waals surface area contributed by atoms with Gasteiger partial charge in [0.2, 0.25) is 5.91 Å². The summed E-state index contributed by atoms with van der Waals surface area (Å²) >= 11 is 0. The van der Waals surface area contributed by atoms with Crippen molar-refractivity contribution in [3.8, 4) is 0 Å². The molecule has 0 saturated carbocycles. The van der Waals surface area contributed by atoms with Crippen molar-refractivity contribution in [1.82, 2.24) is 29.4 Å². The van der Waals surface area contributed by atoms with Crippen LogP contribution in [0.3, 0.4) is 0 Å². The summed E-state index contributed by atoms with van der Waals surface area (Å²) in [6.07, 6.45) is -3.92. The molecule has 0 aromatic carbocycles. The minimum Gasteiger partial charge on any atom is -0.340 e. The van der Waals surface area contributed by atoms with Crippen molar-refractivity contribution >= 4 is 11.7 Å². The molecule has 2 aromatic rings. The van der Waals surface area contributed by atoms with Crippen LogP contribution < -0.4 is 0 Å². The smallest absolute Gasteiger partial charge is 0.340 e. The predicted octanol–water partition coefficient (Wildman–Crippen LogP) is 1.47. The van der Waals surface area contributed by atoms with Crippen molar-refractivity contribution < 1.29 is 18.0 Å². The first-order valence-corrected chi connectivity index (χ1v) is 8.43. The zero-order valence-electron chi connectivity index (χ0n) is 15.0. The molecule has 3 heterocycles. The second kappa shape index (κ2) is 6.82. The fraction of sp³-hybridized carbons (Fsp3) is 0.625. The zero-order valence-corrected chi connectivity index (χ0v) is 15.0. The van der Waals surface area contributed by atoms with Gasteiger partial charge < -0.3 is 9.80 Å². The molecule has 1 aliphatic heterocycles. The van der Waals surface area contributed by atoms with Crippen LogP contribution in [0, 0.1) is 13.8 Å². The third-order valence-corrected chi connectivity index (χ3v) is 4.75. The number of halogens is 3. The van der Waals surface area contributed by atoms with Crippen LogP contribution in [-0.2, 0) is 17.4 Å². The van der Waals surface area contributed by atoms with Crippen molar-refractivity contribution in [3.63, 3.8) is 0 Å². The molecule has 0 unspecified atom stereocenters. The van der Waals surface area contributed by atoms with E-state index in [2.05, 4.69) is 20.0 Å². The molecular weight excluding hydrogens is 349 g/mol. The van der Waals surface area contributed by atoms with Gasteiger partial charge in [-0.15, -0.1) is 5.10 Å². The quantitative estimate of drug-likeness (QED) is 0.819. The molecule has 0 N–H and O–H groups in total. The average Bonchev–Trinajstić information content (AvgIpc) is 2.99. The summed E-state index contributed by atoms with van der Waals surface area (Å²) in [6.45, 7) is 6.47. The van der Waals surface area contributed by atoms with Gasteiger partial charge in [0.1, 0.15) is 0 Å². The van der Waals surface area contributed by atoms with Gasteiger partial charge in [0.25, 0.3) is 11.6 Å². The lowest BCUT2D eigenvalue weighted by atomic mass is 10.1. The van der Waals surface area contributed by atoms with Crippen molar-refractivity contribution in [2.75, 3.05) is 33.2 Å². The lowest BCUT2D eigenvalue weighted by Crippen LogP contribution is -2.47. The highest BCUT2D eigenvalue weighted by atomic mass is 19.4. The van der Waals surface area contributed by atoms with E-state index in [1.807, 2.05) is 11.9 Å². The first kappa shape index (κ1) is 18.6. The highest BCUT2D eigenvalue weighted by molar-refractivity contribution is 5.76. The van der Waals surface area contributed by atoms with E-state index in [9.17, 15) is 18.0 Å². The van der Waals surface area contributed by atoms with Crippen LogP contribution in [0.2, 0.25) is 0 Å². The van der Waals surface area contributed by atoms with Crippen molar-refractivity contribution in [1.29, 1.82) is 0 Å². The number of rotatable bonds is 3. The number of carbonyl (C=O) groups is 1. The molecule has 1 saturated heterocycles. The Morgan fingerprint density at radius 3 is 2.38 bits per heavy atom. The second-order valence-corrected chi connectivity index (χ2v) is 6.59. The van der Waals surface area contributed by atoms with E-state index in [1.165, 1.54) is 0 Å². The van der Waals surface area contributed by atoms with Crippen LogP contribution in [0.5, 0.6) is 0 Å². The summed E-state index contributed by atoms with van der Waals surface area (Å²) in [7, 11) is 2.02. The molecule has 10 heteroatoms. The predicted molar refractivity (Wildman–Crippen MR) is 87.7 cm³/mol. The van der Waals surface area contributed by atoms with E-state index in [0.29, 0.717) is 37.3 Å². The number of likely N-dealkylation sites (N-methyl/N-ethyl adjacent to an activating group) is 1. The summed E-state index contributed by atoms with van der Waals surface area (Å²) in [5, 5.41) is 3.53. The molecule has 2 aromatic heterocycles. The van der Waals surface area contributed by atoms with E-state index < -0.39 is 12.0 Å². The van der Waals surface area contributed by atoms with Crippen LogP contribution in [0.25, 0.3) is 5.78 Å². The fourth-order valence-corrected chi connectivity index (χ4v) is 3.14. The van der Waals surface area contributed by atoms with Crippen LogP contribution in [0.4, 0.5) is 13.2 Å². The Balaban J connectivity index is 1.78. The van der Waals surface area contributed by atoms with E-state index in [1.54, 1.807) is 13.8 Å². The van der Waals surface area contributed by atoms with Gasteiger partial charge in [0, 0.05) is 44.0 Å². The van der Waals surface area contributed by atoms with Gasteiger partial charge in [-0.2, -0.15) is 18.2 Å². The van der Waals surface area contributed by atoms with Gasteiger partial charge in [-0.05, 0) is 32.9 Å². The molecule has 0 aliphatic carbocycles. The van der Waals surface area contributed by atoms with Gasteiger partial charge in [-0.3, -0.25) is 4.79 Å². The Kier molecular flexibility index (Phi) is 4.87. The normalized spacial score (nSPS) is 16.5. The van der Waals surface area contributed by atoms with Crippen LogP contribution >= 0.6 is 0 Å². The number of hydrogen-bond donors (Lipinski definition) is 0. The van der Waals surface area contributed by atoms with Gasteiger partial charge in [0.05, 0.1) is 0 Å². The molecule has 0 bridgehead atoms. The minimum absolute atomic E-state index is 0.0477. The Bertz CT molecular complexity index is 823. The number of piperazine rings is 1.